The average Bonchev–Trinajstić information content (AvgIpc) is 2.60. The highest BCUT2D eigenvalue weighted by Gasteiger charge is 2.36. The molecule has 0 radical (unpaired) electrons. The molecular weight excluding hydrogens is 342 g/mol. The Labute approximate surface area is 160 Å². The molecule has 0 saturated carbocycles. The molecule has 0 bridgehead atoms. The Morgan fingerprint density at radius 3 is 2.15 bits per heavy atom. The van der Waals surface area contributed by atoms with Crippen molar-refractivity contribution in [3.05, 3.63) is 71.8 Å². The van der Waals surface area contributed by atoms with Gasteiger partial charge < -0.3 is 4.74 Å². The first-order valence-electron chi connectivity index (χ1n) is 8.74. The van der Waals surface area contributed by atoms with E-state index in [1.54, 1.807) is 18.0 Å². The Morgan fingerprint density at radius 2 is 1.58 bits per heavy atom. The summed E-state index contributed by atoms with van der Waals surface area (Å²) >= 11 is 1.69. The minimum Gasteiger partial charge on any atom is -0.458 e. The quantitative estimate of drug-likeness (QED) is 0.501. The summed E-state index contributed by atoms with van der Waals surface area (Å²) in [4.78, 5) is 17.4. The molecule has 0 aliphatic rings. The van der Waals surface area contributed by atoms with E-state index in [0.717, 1.165) is 11.3 Å². The molecule has 0 spiro atoms. The van der Waals surface area contributed by atoms with Crippen LogP contribution in [-0.2, 0) is 15.3 Å². The second kappa shape index (κ2) is 9.04. The van der Waals surface area contributed by atoms with Crippen LogP contribution in [0.2, 0.25) is 0 Å². The molecule has 0 saturated heterocycles. The van der Waals surface area contributed by atoms with Crippen LogP contribution in [0.3, 0.4) is 0 Å². The van der Waals surface area contributed by atoms with E-state index in [4.69, 9.17) is 4.74 Å². The molecule has 0 amide bonds. The van der Waals surface area contributed by atoms with E-state index in [-0.39, 0.29) is 5.97 Å². The molecule has 2 rings (SSSR count). The maximum atomic E-state index is 12.8. The van der Waals surface area contributed by atoms with E-state index in [2.05, 4.69) is 17.1 Å². The molecule has 1 atom stereocenters. The highest BCUT2D eigenvalue weighted by Crippen LogP contribution is 2.25. The number of carbonyl (C=O) groups is 1. The van der Waals surface area contributed by atoms with Crippen LogP contribution in [0.4, 0.5) is 0 Å². The number of aliphatic imine (C=N–C) groups is 1. The summed E-state index contributed by atoms with van der Waals surface area (Å²) < 4.78 is 5.63. The number of nitrogens with zero attached hydrogens (tertiary/aromatic N) is 1. The van der Waals surface area contributed by atoms with Crippen molar-refractivity contribution in [2.45, 2.75) is 44.6 Å². The van der Waals surface area contributed by atoms with Gasteiger partial charge in [0.25, 0.3) is 0 Å². The lowest BCUT2D eigenvalue weighted by atomic mass is 10.1. The summed E-state index contributed by atoms with van der Waals surface area (Å²) in [5, 5.41) is 0. The summed E-state index contributed by atoms with van der Waals surface area (Å²) in [5.74, 6) is 1.10. The maximum absolute atomic E-state index is 12.8. The summed E-state index contributed by atoms with van der Waals surface area (Å²) in [7, 11) is 0. The van der Waals surface area contributed by atoms with E-state index in [1.807, 2.05) is 76.2 Å². The summed E-state index contributed by atoms with van der Waals surface area (Å²) in [6.07, 6.45) is 1.76. The molecule has 3 nitrogen and oxygen atoms in total. The normalized spacial score (nSPS) is 14.2. The number of benzene rings is 2. The zero-order chi connectivity index (χ0) is 19.0. The van der Waals surface area contributed by atoms with Crippen LogP contribution in [-0.4, -0.2) is 29.1 Å². The van der Waals surface area contributed by atoms with Gasteiger partial charge in [-0.25, -0.2) is 4.79 Å². The van der Waals surface area contributed by atoms with E-state index in [0.29, 0.717) is 5.75 Å². The van der Waals surface area contributed by atoms with Gasteiger partial charge in [0.1, 0.15) is 5.60 Å². The smallest absolute Gasteiger partial charge is 0.335 e. The van der Waals surface area contributed by atoms with Gasteiger partial charge in [0.2, 0.25) is 0 Å². The van der Waals surface area contributed by atoms with E-state index >= 15 is 0 Å². The first-order chi connectivity index (χ1) is 12.3. The van der Waals surface area contributed by atoms with Crippen LogP contribution in [0, 0.1) is 0 Å². The van der Waals surface area contributed by atoms with Crippen molar-refractivity contribution in [2.24, 2.45) is 4.99 Å². The monoisotopic (exact) mass is 369 g/mol. The van der Waals surface area contributed by atoms with Gasteiger partial charge in [-0.1, -0.05) is 60.7 Å². The molecule has 138 valence electrons. The molecule has 0 aromatic heterocycles. The molecule has 2 aromatic rings. The van der Waals surface area contributed by atoms with Crippen molar-refractivity contribution in [1.82, 2.24) is 0 Å². The second-order valence-corrected chi connectivity index (χ2v) is 8.41. The van der Waals surface area contributed by atoms with Gasteiger partial charge in [-0.15, -0.1) is 0 Å². The first kappa shape index (κ1) is 20.2. The van der Waals surface area contributed by atoms with Gasteiger partial charge in [-0.05, 0) is 38.8 Å². The number of thioether (sulfide) groups is 1. The van der Waals surface area contributed by atoms with Crippen LogP contribution >= 0.6 is 11.8 Å². The SMILES string of the molecule is CC(C)(C)OC(=O)[C@](C)(CSCc1ccccc1)/N=C/c1ccccc1. The first-order valence-corrected chi connectivity index (χ1v) is 9.89. The number of esters is 1. The minimum absolute atomic E-state index is 0.294. The van der Waals surface area contributed by atoms with Crippen molar-refractivity contribution in [3.8, 4) is 0 Å². The van der Waals surface area contributed by atoms with Crippen molar-refractivity contribution in [1.29, 1.82) is 0 Å². The van der Waals surface area contributed by atoms with Crippen molar-refractivity contribution in [3.63, 3.8) is 0 Å². The predicted molar refractivity (Wildman–Crippen MR) is 111 cm³/mol. The summed E-state index contributed by atoms with van der Waals surface area (Å²) in [5.41, 5.74) is 0.735. The third-order valence-electron chi connectivity index (χ3n) is 3.63. The summed E-state index contributed by atoms with van der Waals surface area (Å²) in [6.45, 7) is 7.48. The van der Waals surface area contributed by atoms with Crippen molar-refractivity contribution in [2.75, 3.05) is 5.75 Å². The lowest BCUT2D eigenvalue weighted by Gasteiger charge is -2.28. The average molecular weight is 370 g/mol. The Balaban J connectivity index is 2.11. The van der Waals surface area contributed by atoms with Crippen molar-refractivity contribution >= 4 is 23.9 Å². The number of carbonyl (C=O) groups excluding carboxylic acids is 1. The number of ether oxygens (including phenoxy) is 1. The molecule has 0 N–H and O–H groups in total. The molecule has 0 aliphatic carbocycles. The van der Waals surface area contributed by atoms with Crippen LogP contribution < -0.4 is 0 Å². The standard InChI is InChI=1S/C22H27NO2S/c1-21(2,3)25-20(24)22(4,23-15-18-11-7-5-8-12-18)17-26-16-19-13-9-6-10-14-19/h5-15H,16-17H2,1-4H3/b23-15+/t22-/m0/s1. The van der Waals surface area contributed by atoms with E-state index in [9.17, 15) is 4.79 Å². The topological polar surface area (TPSA) is 38.7 Å². The van der Waals surface area contributed by atoms with E-state index < -0.39 is 11.1 Å². The maximum Gasteiger partial charge on any atom is 0.335 e. The third-order valence-corrected chi connectivity index (χ3v) is 4.94. The Hall–Kier alpha value is -2.07. The molecule has 0 fully saturated rings. The van der Waals surface area contributed by atoms with E-state index in [1.165, 1.54) is 5.56 Å². The van der Waals surface area contributed by atoms with Gasteiger partial charge in [0, 0.05) is 17.7 Å². The van der Waals surface area contributed by atoms with Crippen LogP contribution in [0.5, 0.6) is 0 Å². The van der Waals surface area contributed by atoms with Crippen LogP contribution in [0.1, 0.15) is 38.8 Å². The molecule has 26 heavy (non-hydrogen) atoms. The molecule has 0 unspecified atom stereocenters. The fraction of sp³-hybridized carbons (Fsp3) is 0.364. The van der Waals surface area contributed by atoms with Gasteiger partial charge in [0.05, 0.1) is 0 Å². The van der Waals surface area contributed by atoms with Gasteiger partial charge in [-0.2, -0.15) is 11.8 Å². The fourth-order valence-corrected chi connectivity index (χ4v) is 3.35. The number of hydrogen-bond donors (Lipinski definition) is 0. The largest absolute Gasteiger partial charge is 0.458 e. The minimum atomic E-state index is -0.928. The molecule has 4 heteroatoms. The second-order valence-electron chi connectivity index (χ2n) is 7.42. The molecule has 0 aliphatic heterocycles. The third kappa shape index (κ3) is 6.68. The molecule has 0 heterocycles. The zero-order valence-electron chi connectivity index (χ0n) is 15.9. The molecular formula is C22H27NO2S. The Morgan fingerprint density at radius 1 is 1.00 bits per heavy atom. The lowest BCUT2D eigenvalue weighted by Crippen LogP contribution is -2.42. The van der Waals surface area contributed by atoms with Crippen LogP contribution in [0.15, 0.2) is 65.7 Å². The molecule has 2 aromatic carbocycles. The predicted octanol–water partition coefficient (Wildman–Crippen LogP) is 5.14. The van der Waals surface area contributed by atoms with Gasteiger partial charge in [0.15, 0.2) is 5.54 Å². The van der Waals surface area contributed by atoms with Gasteiger partial charge in [-0.3, -0.25) is 4.99 Å². The van der Waals surface area contributed by atoms with Crippen molar-refractivity contribution < 1.29 is 9.53 Å². The fourth-order valence-electron chi connectivity index (χ4n) is 2.23. The number of hydrogen-bond acceptors (Lipinski definition) is 4. The number of rotatable bonds is 7. The lowest BCUT2D eigenvalue weighted by molar-refractivity contribution is -0.159. The van der Waals surface area contributed by atoms with Crippen LogP contribution in [0.25, 0.3) is 0 Å². The summed E-state index contributed by atoms with van der Waals surface area (Å²) in [6, 6.07) is 20.0. The Bertz CT molecular complexity index is 723. The van der Waals surface area contributed by atoms with Gasteiger partial charge >= 0.3 is 5.97 Å². The highest BCUT2D eigenvalue weighted by atomic mass is 32.2. The zero-order valence-corrected chi connectivity index (χ0v) is 16.8. The Kier molecular flexibility index (Phi) is 7.04. The highest BCUT2D eigenvalue weighted by molar-refractivity contribution is 7.98.